The van der Waals surface area contributed by atoms with Gasteiger partial charge in [0.15, 0.2) is 0 Å². The Morgan fingerprint density at radius 1 is 1.35 bits per heavy atom. The first-order valence-electron chi connectivity index (χ1n) is 7.38. The number of anilines is 1. The number of ether oxygens (including phenoxy) is 1. The van der Waals surface area contributed by atoms with E-state index in [1.54, 1.807) is 7.11 Å². The van der Waals surface area contributed by atoms with Gasteiger partial charge in [0.05, 0.1) is 7.11 Å². The van der Waals surface area contributed by atoms with Crippen molar-refractivity contribution in [3.63, 3.8) is 0 Å². The normalized spacial score (nSPS) is 19.4. The van der Waals surface area contributed by atoms with E-state index in [0.717, 1.165) is 36.1 Å². The van der Waals surface area contributed by atoms with Gasteiger partial charge in [0.1, 0.15) is 17.1 Å². The average Bonchev–Trinajstić information content (AvgIpc) is 2.46. The van der Waals surface area contributed by atoms with Crippen LogP contribution in [0.3, 0.4) is 0 Å². The van der Waals surface area contributed by atoms with Gasteiger partial charge in [0.2, 0.25) is 0 Å². The molecule has 0 unspecified atom stereocenters. The van der Waals surface area contributed by atoms with Crippen LogP contribution in [0.25, 0.3) is 10.9 Å². The van der Waals surface area contributed by atoms with Gasteiger partial charge in [-0.05, 0) is 43.4 Å². The molecule has 3 heteroatoms. The van der Waals surface area contributed by atoms with E-state index < -0.39 is 0 Å². The molecule has 2 heterocycles. The summed E-state index contributed by atoms with van der Waals surface area (Å²) in [6.07, 6.45) is 2.58. The van der Waals surface area contributed by atoms with Gasteiger partial charge in [0.25, 0.3) is 0 Å². The molecule has 1 aromatic carbocycles. The van der Waals surface area contributed by atoms with Crippen molar-refractivity contribution < 1.29 is 4.74 Å². The smallest absolute Gasteiger partial charge is 0.145 e. The quantitative estimate of drug-likeness (QED) is 0.830. The zero-order valence-corrected chi connectivity index (χ0v) is 12.5. The number of nitrogens with zero attached hydrogens (tertiary/aromatic N) is 2. The maximum atomic E-state index is 5.46. The number of pyridine rings is 1. The number of aryl methyl sites for hydroxylation is 1. The summed E-state index contributed by atoms with van der Waals surface area (Å²) in [4.78, 5) is 7.28. The second-order valence-electron chi connectivity index (χ2n) is 5.85. The summed E-state index contributed by atoms with van der Waals surface area (Å²) in [7, 11) is 1.71. The van der Waals surface area contributed by atoms with Crippen LogP contribution in [0, 0.1) is 12.8 Å². The van der Waals surface area contributed by atoms with Gasteiger partial charge in [-0.2, -0.15) is 0 Å². The summed E-state index contributed by atoms with van der Waals surface area (Å²) < 4.78 is 5.46. The Morgan fingerprint density at radius 3 is 2.95 bits per heavy atom. The molecule has 1 aliphatic heterocycles. The van der Waals surface area contributed by atoms with Crippen LogP contribution in [-0.4, -0.2) is 25.2 Å². The Morgan fingerprint density at radius 2 is 2.20 bits per heavy atom. The monoisotopic (exact) mass is 270 g/mol. The molecule has 106 valence electrons. The van der Waals surface area contributed by atoms with Gasteiger partial charge in [-0.15, -0.1) is 0 Å². The first kappa shape index (κ1) is 13.2. The molecule has 0 saturated carbocycles. The standard InChI is InChI=1S/C17H22N2O/c1-12-6-5-9-19(11-12)16-10-13(2)14-7-4-8-15(20-3)17(14)18-16/h4,7-8,10,12H,5-6,9,11H2,1-3H3/t12-/m0/s1. The molecule has 0 aliphatic carbocycles. The Bertz CT molecular complexity index is 624. The van der Waals surface area contributed by atoms with Crippen molar-refractivity contribution in [1.29, 1.82) is 0 Å². The fourth-order valence-corrected chi connectivity index (χ4v) is 3.10. The lowest BCUT2D eigenvalue weighted by Crippen LogP contribution is -2.34. The molecule has 1 atom stereocenters. The lowest BCUT2D eigenvalue weighted by atomic mass is 10.00. The summed E-state index contributed by atoms with van der Waals surface area (Å²) in [5.41, 5.74) is 2.24. The van der Waals surface area contributed by atoms with Crippen molar-refractivity contribution in [2.75, 3.05) is 25.1 Å². The molecule has 1 fully saturated rings. The average molecular weight is 270 g/mol. The third kappa shape index (κ3) is 2.33. The van der Waals surface area contributed by atoms with Gasteiger partial charge in [0, 0.05) is 18.5 Å². The summed E-state index contributed by atoms with van der Waals surface area (Å²) >= 11 is 0. The van der Waals surface area contributed by atoms with E-state index >= 15 is 0 Å². The Labute approximate surface area is 120 Å². The highest BCUT2D eigenvalue weighted by molar-refractivity contribution is 5.88. The number of aromatic nitrogens is 1. The number of methoxy groups -OCH3 is 1. The highest BCUT2D eigenvalue weighted by Gasteiger charge is 2.19. The van der Waals surface area contributed by atoms with E-state index in [2.05, 4.69) is 30.9 Å². The number of benzene rings is 1. The second-order valence-corrected chi connectivity index (χ2v) is 5.85. The Hall–Kier alpha value is -1.77. The van der Waals surface area contributed by atoms with E-state index in [1.165, 1.54) is 23.8 Å². The van der Waals surface area contributed by atoms with E-state index in [9.17, 15) is 0 Å². The third-order valence-electron chi connectivity index (χ3n) is 4.20. The number of piperidine rings is 1. The summed E-state index contributed by atoms with van der Waals surface area (Å²) in [6, 6.07) is 8.33. The molecule has 1 aromatic heterocycles. The topological polar surface area (TPSA) is 25.4 Å². The van der Waals surface area contributed by atoms with Crippen molar-refractivity contribution in [1.82, 2.24) is 4.98 Å². The van der Waals surface area contributed by atoms with Crippen LogP contribution in [0.2, 0.25) is 0 Å². The summed E-state index contributed by atoms with van der Waals surface area (Å²) in [5, 5.41) is 1.18. The molecule has 2 aromatic rings. The third-order valence-corrected chi connectivity index (χ3v) is 4.20. The molecule has 20 heavy (non-hydrogen) atoms. The predicted octanol–water partition coefficient (Wildman–Crippen LogP) is 3.79. The lowest BCUT2D eigenvalue weighted by Gasteiger charge is -2.32. The molecule has 3 nitrogen and oxygen atoms in total. The van der Waals surface area contributed by atoms with Crippen molar-refractivity contribution in [2.45, 2.75) is 26.7 Å². The number of hydrogen-bond donors (Lipinski definition) is 0. The number of hydrogen-bond acceptors (Lipinski definition) is 3. The van der Waals surface area contributed by atoms with Crippen LogP contribution < -0.4 is 9.64 Å². The molecule has 0 amide bonds. The van der Waals surface area contributed by atoms with Gasteiger partial charge < -0.3 is 9.64 Å². The lowest BCUT2D eigenvalue weighted by molar-refractivity contribution is 0.418. The van der Waals surface area contributed by atoms with Crippen LogP contribution in [0.15, 0.2) is 24.3 Å². The van der Waals surface area contributed by atoms with Crippen LogP contribution in [0.1, 0.15) is 25.3 Å². The van der Waals surface area contributed by atoms with Crippen molar-refractivity contribution in [3.8, 4) is 5.75 Å². The zero-order chi connectivity index (χ0) is 14.1. The second kappa shape index (κ2) is 5.31. The van der Waals surface area contributed by atoms with Gasteiger partial charge in [-0.25, -0.2) is 4.98 Å². The first-order chi connectivity index (χ1) is 9.69. The summed E-state index contributed by atoms with van der Waals surface area (Å²) in [6.45, 7) is 6.69. The van der Waals surface area contributed by atoms with E-state index in [4.69, 9.17) is 9.72 Å². The van der Waals surface area contributed by atoms with Gasteiger partial charge in [-0.1, -0.05) is 19.1 Å². The molecule has 0 spiro atoms. The number of fused-ring (bicyclic) bond motifs is 1. The molecular weight excluding hydrogens is 248 g/mol. The maximum absolute atomic E-state index is 5.46. The zero-order valence-electron chi connectivity index (χ0n) is 12.5. The van der Waals surface area contributed by atoms with E-state index in [1.807, 2.05) is 12.1 Å². The van der Waals surface area contributed by atoms with Crippen molar-refractivity contribution in [2.24, 2.45) is 5.92 Å². The molecule has 0 bridgehead atoms. The molecule has 3 rings (SSSR count). The fourth-order valence-electron chi connectivity index (χ4n) is 3.10. The van der Waals surface area contributed by atoms with E-state index in [0.29, 0.717) is 0 Å². The molecule has 0 radical (unpaired) electrons. The van der Waals surface area contributed by atoms with Crippen LogP contribution in [-0.2, 0) is 0 Å². The fraction of sp³-hybridized carbons (Fsp3) is 0.471. The molecular formula is C17H22N2O. The van der Waals surface area contributed by atoms with Gasteiger partial charge in [-0.3, -0.25) is 0 Å². The van der Waals surface area contributed by atoms with Crippen LogP contribution in [0.4, 0.5) is 5.82 Å². The maximum Gasteiger partial charge on any atom is 0.145 e. The SMILES string of the molecule is COc1cccc2c(C)cc(N3CCC[C@H](C)C3)nc12. The van der Waals surface area contributed by atoms with Crippen molar-refractivity contribution in [3.05, 3.63) is 29.8 Å². The Balaban J connectivity index is 2.08. The highest BCUT2D eigenvalue weighted by Crippen LogP contribution is 2.30. The minimum absolute atomic E-state index is 0.749. The predicted molar refractivity (Wildman–Crippen MR) is 83.6 cm³/mol. The first-order valence-corrected chi connectivity index (χ1v) is 7.38. The number of rotatable bonds is 2. The molecule has 1 saturated heterocycles. The minimum atomic E-state index is 0.749. The minimum Gasteiger partial charge on any atom is -0.494 e. The van der Waals surface area contributed by atoms with Gasteiger partial charge >= 0.3 is 0 Å². The van der Waals surface area contributed by atoms with E-state index in [-0.39, 0.29) is 0 Å². The molecule has 1 aliphatic rings. The largest absolute Gasteiger partial charge is 0.494 e. The number of para-hydroxylation sites is 1. The highest BCUT2D eigenvalue weighted by atomic mass is 16.5. The van der Waals surface area contributed by atoms with Crippen LogP contribution >= 0.6 is 0 Å². The Kier molecular flexibility index (Phi) is 3.51. The summed E-state index contributed by atoms with van der Waals surface area (Å²) in [5.74, 6) is 2.70. The van der Waals surface area contributed by atoms with Crippen LogP contribution in [0.5, 0.6) is 5.75 Å². The van der Waals surface area contributed by atoms with Crippen molar-refractivity contribution >= 4 is 16.7 Å². The molecule has 0 N–H and O–H groups in total.